The number of hydrogen-bond donors (Lipinski definition) is 2. The predicted octanol–water partition coefficient (Wildman–Crippen LogP) is 1.29. The van der Waals surface area contributed by atoms with Crippen molar-refractivity contribution in [1.82, 2.24) is 0 Å². The third-order valence-electron chi connectivity index (χ3n) is 4.02. The number of carboxylic acids is 2. The number of ether oxygens (including phenoxy) is 1. The van der Waals surface area contributed by atoms with E-state index in [1.54, 1.807) is 6.08 Å². The van der Waals surface area contributed by atoms with E-state index in [4.69, 9.17) is 4.74 Å². The van der Waals surface area contributed by atoms with Crippen molar-refractivity contribution >= 4 is 11.9 Å². The van der Waals surface area contributed by atoms with Gasteiger partial charge in [-0.15, -0.1) is 0 Å². The molecule has 0 aromatic carbocycles. The van der Waals surface area contributed by atoms with Crippen LogP contribution >= 0.6 is 0 Å². The van der Waals surface area contributed by atoms with E-state index in [0.717, 1.165) is 0 Å². The van der Waals surface area contributed by atoms with Gasteiger partial charge in [0.1, 0.15) is 0 Å². The van der Waals surface area contributed by atoms with Crippen molar-refractivity contribution < 1.29 is 24.5 Å². The van der Waals surface area contributed by atoms with Crippen LogP contribution in [0.3, 0.4) is 0 Å². The number of aliphatic carboxylic acids is 2. The lowest BCUT2D eigenvalue weighted by atomic mass is 9.57. The molecule has 0 amide bonds. The van der Waals surface area contributed by atoms with E-state index >= 15 is 0 Å². The summed E-state index contributed by atoms with van der Waals surface area (Å²) in [4.78, 5) is 23.0. The van der Waals surface area contributed by atoms with Gasteiger partial charge in [-0.1, -0.05) is 12.2 Å². The third kappa shape index (κ3) is 1.74. The van der Waals surface area contributed by atoms with Gasteiger partial charge in [0.15, 0.2) is 0 Å². The molecule has 3 atom stereocenters. The van der Waals surface area contributed by atoms with Gasteiger partial charge in [0.25, 0.3) is 0 Å². The van der Waals surface area contributed by atoms with E-state index in [2.05, 4.69) is 0 Å². The second-order valence-corrected chi connectivity index (χ2v) is 5.00. The highest BCUT2D eigenvalue weighted by molar-refractivity contribution is 5.88. The van der Waals surface area contributed by atoms with Crippen molar-refractivity contribution in [3.8, 4) is 0 Å². The second kappa shape index (κ2) is 3.84. The maximum atomic E-state index is 11.6. The molecule has 1 saturated heterocycles. The lowest BCUT2D eigenvalue weighted by Gasteiger charge is -2.43. The van der Waals surface area contributed by atoms with Gasteiger partial charge in [-0.05, 0) is 26.2 Å². The molecule has 5 nitrogen and oxygen atoms in total. The van der Waals surface area contributed by atoms with Crippen LogP contribution in [0, 0.1) is 10.8 Å². The van der Waals surface area contributed by atoms with Crippen molar-refractivity contribution in [2.24, 2.45) is 10.8 Å². The monoisotopic (exact) mass is 240 g/mol. The van der Waals surface area contributed by atoms with Crippen LogP contribution in [0.4, 0.5) is 0 Å². The Hall–Kier alpha value is -1.36. The van der Waals surface area contributed by atoms with E-state index in [0.29, 0.717) is 19.4 Å². The molecule has 2 aliphatic rings. The Kier molecular flexibility index (Phi) is 2.73. The van der Waals surface area contributed by atoms with Crippen molar-refractivity contribution in [3.05, 3.63) is 12.2 Å². The van der Waals surface area contributed by atoms with Gasteiger partial charge in [0.2, 0.25) is 0 Å². The highest BCUT2D eigenvalue weighted by Crippen LogP contribution is 2.52. The molecule has 0 aromatic rings. The van der Waals surface area contributed by atoms with E-state index in [-0.39, 0.29) is 12.5 Å². The Labute approximate surface area is 99.1 Å². The topological polar surface area (TPSA) is 87.1 Å². The molecular formula is C12H16O5. The number of epoxide rings is 1. The van der Waals surface area contributed by atoms with Crippen LogP contribution in [0.2, 0.25) is 0 Å². The lowest BCUT2D eigenvalue weighted by Crippen LogP contribution is -2.51. The van der Waals surface area contributed by atoms with Crippen LogP contribution < -0.4 is 0 Å². The molecular weight excluding hydrogens is 224 g/mol. The minimum Gasteiger partial charge on any atom is -0.481 e. The SMILES string of the molecule is CC1(C(=O)O)C=CCCC1(CC1CO1)C(=O)O. The van der Waals surface area contributed by atoms with Gasteiger partial charge in [0.05, 0.1) is 23.5 Å². The summed E-state index contributed by atoms with van der Waals surface area (Å²) in [6.07, 6.45) is 4.40. The van der Waals surface area contributed by atoms with Crippen molar-refractivity contribution in [3.63, 3.8) is 0 Å². The summed E-state index contributed by atoms with van der Waals surface area (Å²) in [6, 6.07) is 0. The molecule has 0 aromatic heterocycles. The molecule has 94 valence electrons. The highest BCUT2D eigenvalue weighted by Gasteiger charge is 2.59. The Balaban J connectivity index is 2.43. The lowest BCUT2D eigenvalue weighted by molar-refractivity contribution is -0.171. The summed E-state index contributed by atoms with van der Waals surface area (Å²) in [5.41, 5.74) is -2.61. The standard InChI is InChI=1S/C12H16O5/c1-11(9(13)14)4-2-3-5-12(11,10(15)16)6-8-7-17-8/h2,4,8H,3,5-7H2,1H3,(H,13,14)(H,15,16). The first-order valence-corrected chi connectivity index (χ1v) is 5.68. The minimum absolute atomic E-state index is 0.101. The summed E-state index contributed by atoms with van der Waals surface area (Å²) < 4.78 is 5.08. The molecule has 0 bridgehead atoms. The number of allylic oxidation sites excluding steroid dienone is 1. The maximum Gasteiger partial charge on any atom is 0.314 e. The molecule has 3 unspecified atom stereocenters. The van der Waals surface area contributed by atoms with Gasteiger partial charge in [-0.25, -0.2) is 0 Å². The van der Waals surface area contributed by atoms with Gasteiger partial charge in [-0.2, -0.15) is 0 Å². The molecule has 5 heteroatoms. The molecule has 1 aliphatic heterocycles. The summed E-state index contributed by atoms with van der Waals surface area (Å²) in [7, 11) is 0. The van der Waals surface area contributed by atoms with Gasteiger partial charge >= 0.3 is 11.9 Å². The van der Waals surface area contributed by atoms with Crippen LogP contribution in [0.1, 0.15) is 26.2 Å². The largest absolute Gasteiger partial charge is 0.481 e. The smallest absolute Gasteiger partial charge is 0.314 e. The zero-order chi connectivity index (χ0) is 12.7. The minimum atomic E-state index is -1.36. The van der Waals surface area contributed by atoms with Crippen molar-refractivity contribution in [2.75, 3.05) is 6.61 Å². The first-order chi connectivity index (χ1) is 7.92. The van der Waals surface area contributed by atoms with Gasteiger partial charge in [0, 0.05) is 0 Å². The Bertz CT molecular complexity index is 384. The molecule has 0 saturated carbocycles. The highest BCUT2D eigenvalue weighted by atomic mass is 16.6. The van der Waals surface area contributed by atoms with E-state index in [1.807, 2.05) is 0 Å². The number of carbonyl (C=O) groups is 2. The van der Waals surface area contributed by atoms with Crippen LogP contribution in [-0.4, -0.2) is 34.9 Å². The first kappa shape index (κ1) is 12.1. The molecule has 0 radical (unpaired) electrons. The zero-order valence-electron chi connectivity index (χ0n) is 9.68. The zero-order valence-corrected chi connectivity index (χ0v) is 9.68. The second-order valence-electron chi connectivity index (χ2n) is 5.00. The fraction of sp³-hybridized carbons (Fsp3) is 0.667. The Morgan fingerprint density at radius 3 is 2.53 bits per heavy atom. The van der Waals surface area contributed by atoms with Gasteiger partial charge in [-0.3, -0.25) is 9.59 Å². The number of rotatable bonds is 4. The van der Waals surface area contributed by atoms with Crippen LogP contribution in [0.15, 0.2) is 12.2 Å². The molecule has 0 spiro atoms. The van der Waals surface area contributed by atoms with Crippen molar-refractivity contribution in [1.29, 1.82) is 0 Å². The number of carboxylic acid groups (broad SMARTS) is 2. The average Bonchev–Trinajstić information content (AvgIpc) is 3.04. The summed E-state index contributed by atoms with van der Waals surface area (Å²) in [6.45, 7) is 2.02. The van der Waals surface area contributed by atoms with Crippen LogP contribution in [0.5, 0.6) is 0 Å². The quantitative estimate of drug-likeness (QED) is 0.571. The van der Waals surface area contributed by atoms with E-state index < -0.39 is 22.8 Å². The van der Waals surface area contributed by atoms with Crippen LogP contribution in [-0.2, 0) is 14.3 Å². The molecule has 2 rings (SSSR count). The van der Waals surface area contributed by atoms with Gasteiger partial charge < -0.3 is 14.9 Å². The molecule has 1 fully saturated rings. The molecule has 1 aliphatic carbocycles. The first-order valence-electron chi connectivity index (χ1n) is 5.68. The summed E-state index contributed by atoms with van der Waals surface area (Å²) >= 11 is 0. The summed E-state index contributed by atoms with van der Waals surface area (Å²) in [5, 5.41) is 18.9. The third-order valence-corrected chi connectivity index (χ3v) is 4.02. The Morgan fingerprint density at radius 2 is 2.06 bits per heavy atom. The fourth-order valence-electron chi connectivity index (χ4n) is 2.65. The molecule has 2 N–H and O–H groups in total. The Morgan fingerprint density at radius 1 is 1.41 bits per heavy atom. The predicted molar refractivity (Wildman–Crippen MR) is 58.5 cm³/mol. The van der Waals surface area contributed by atoms with E-state index in [9.17, 15) is 19.8 Å². The molecule has 1 heterocycles. The van der Waals surface area contributed by atoms with Crippen LogP contribution in [0.25, 0.3) is 0 Å². The maximum absolute atomic E-state index is 11.6. The number of hydrogen-bond acceptors (Lipinski definition) is 3. The fourth-order valence-corrected chi connectivity index (χ4v) is 2.65. The average molecular weight is 240 g/mol. The normalized spacial score (nSPS) is 39.9. The summed E-state index contributed by atoms with van der Waals surface area (Å²) in [5.74, 6) is -2.13. The van der Waals surface area contributed by atoms with E-state index in [1.165, 1.54) is 13.0 Å². The molecule has 17 heavy (non-hydrogen) atoms. The van der Waals surface area contributed by atoms with Crippen molar-refractivity contribution in [2.45, 2.75) is 32.3 Å².